The van der Waals surface area contributed by atoms with Crippen LogP contribution in [0.25, 0.3) is 33.8 Å². The van der Waals surface area contributed by atoms with Crippen LogP contribution in [-0.4, -0.2) is 9.97 Å². The van der Waals surface area contributed by atoms with Crippen LogP contribution < -0.4 is 0 Å². The molecule has 25 heavy (non-hydrogen) atoms. The van der Waals surface area contributed by atoms with Crippen LogP contribution in [0.15, 0.2) is 91.1 Å². The molecule has 3 aromatic carbocycles. The first-order valence-corrected chi connectivity index (χ1v) is 8.05. The molecule has 4 rings (SSSR count). The van der Waals surface area contributed by atoms with E-state index in [2.05, 4.69) is 4.98 Å². The van der Waals surface area contributed by atoms with Gasteiger partial charge in [0.05, 0.1) is 23.3 Å². The van der Waals surface area contributed by atoms with Gasteiger partial charge in [-0.05, 0) is 24.3 Å². The Morgan fingerprint density at radius 3 is 1.72 bits per heavy atom. The molecule has 2 nitrogen and oxygen atoms in total. The van der Waals surface area contributed by atoms with E-state index in [-0.39, 0.29) is 5.82 Å². The zero-order chi connectivity index (χ0) is 17.1. The summed E-state index contributed by atoms with van der Waals surface area (Å²) < 4.78 is 13.2. The zero-order valence-electron chi connectivity index (χ0n) is 13.4. The Labute approximate surface area is 145 Å². The molecule has 4 aromatic rings. The Kier molecular flexibility index (Phi) is 4.05. The fraction of sp³-hybridized carbons (Fsp3) is 0. The summed E-state index contributed by atoms with van der Waals surface area (Å²) >= 11 is 0. The fourth-order valence-electron chi connectivity index (χ4n) is 2.75. The summed E-state index contributed by atoms with van der Waals surface area (Å²) in [5.41, 5.74) is 5.22. The quantitative estimate of drug-likeness (QED) is 0.488. The third kappa shape index (κ3) is 3.17. The van der Waals surface area contributed by atoms with E-state index >= 15 is 0 Å². The first kappa shape index (κ1) is 15.2. The van der Waals surface area contributed by atoms with E-state index in [1.54, 1.807) is 18.3 Å². The van der Waals surface area contributed by atoms with Gasteiger partial charge in [0.15, 0.2) is 0 Å². The Balaban J connectivity index is 1.90. The first-order valence-electron chi connectivity index (χ1n) is 8.05. The second-order valence-electron chi connectivity index (χ2n) is 5.69. The van der Waals surface area contributed by atoms with Crippen molar-refractivity contribution >= 4 is 0 Å². The van der Waals surface area contributed by atoms with E-state index in [0.29, 0.717) is 0 Å². The molecular weight excluding hydrogens is 311 g/mol. The van der Waals surface area contributed by atoms with Gasteiger partial charge in [0.1, 0.15) is 5.82 Å². The molecule has 0 aliphatic carbocycles. The molecule has 0 bridgehead atoms. The SMILES string of the molecule is Fc1ccc(-c2cnc(-c3ccccc3)c(-c3ccccc3)n2)cc1. The summed E-state index contributed by atoms with van der Waals surface area (Å²) in [6, 6.07) is 26.3. The molecule has 0 radical (unpaired) electrons. The van der Waals surface area contributed by atoms with Crippen molar-refractivity contribution in [3.63, 3.8) is 0 Å². The van der Waals surface area contributed by atoms with Crippen molar-refractivity contribution in [1.29, 1.82) is 0 Å². The van der Waals surface area contributed by atoms with Crippen molar-refractivity contribution in [3.8, 4) is 33.8 Å². The molecule has 1 aromatic heterocycles. The molecule has 0 spiro atoms. The van der Waals surface area contributed by atoms with Gasteiger partial charge in [-0.1, -0.05) is 60.7 Å². The second kappa shape index (κ2) is 6.65. The molecule has 3 heteroatoms. The molecule has 120 valence electrons. The van der Waals surface area contributed by atoms with Gasteiger partial charge in [0.2, 0.25) is 0 Å². The first-order chi connectivity index (χ1) is 12.3. The van der Waals surface area contributed by atoms with Crippen molar-refractivity contribution in [3.05, 3.63) is 96.9 Å². The monoisotopic (exact) mass is 326 g/mol. The lowest BCUT2D eigenvalue weighted by Gasteiger charge is -2.11. The third-order valence-corrected chi connectivity index (χ3v) is 4.01. The Morgan fingerprint density at radius 2 is 1.12 bits per heavy atom. The molecule has 0 saturated heterocycles. The number of aromatic nitrogens is 2. The smallest absolute Gasteiger partial charge is 0.123 e. The van der Waals surface area contributed by atoms with Crippen LogP contribution in [-0.2, 0) is 0 Å². The molecule has 0 amide bonds. The van der Waals surface area contributed by atoms with Gasteiger partial charge in [-0.2, -0.15) is 0 Å². The van der Waals surface area contributed by atoms with Crippen LogP contribution in [0.5, 0.6) is 0 Å². The van der Waals surface area contributed by atoms with Crippen LogP contribution in [0.2, 0.25) is 0 Å². The molecule has 0 atom stereocenters. The van der Waals surface area contributed by atoms with Crippen molar-refractivity contribution in [2.24, 2.45) is 0 Å². The summed E-state index contributed by atoms with van der Waals surface area (Å²) in [6.07, 6.45) is 1.74. The minimum absolute atomic E-state index is 0.263. The molecule has 0 fully saturated rings. The normalized spacial score (nSPS) is 10.6. The molecule has 0 saturated carbocycles. The summed E-state index contributed by atoms with van der Waals surface area (Å²) in [5.74, 6) is -0.263. The predicted octanol–water partition coefficient (Wildman–Crippen LogP) is 5.62. The van der Waals surface area contributed by atoms with Gasteiger partial charge in [-0.15, -0.1) is 0 Å². The lowest BCUT2D eigenvalue weighted by molar-refractivity contribution is 0.628. The molecule has 0 unspecified atom stereocenters. The lowest BCUT2D eigenvalue weighted by atomic mass is 10.0. The number of rotatable bonds is 3. The Hall–Kier alpha value is -3.33. The summed E-state index contributed by atoms with van der Waals surface area (Å²) in [5, 5.41) is 0. The van der Waals surface area contributed by atoms with E-state index in [1.165, 1.54) is 12.1 Å². The topological polar surface area (TPSA) is 25.8 Å². The van der Waals surface area contributed by atoms with Crippen molar-refractivity contribution in [2.45, 2.75) is 0 Å². The highest BCUT2D eigenvalue weighted by atomic mass is 19.1. The number of halogens is 1. The number of nitrogens with zero attached hydrogens (tertiary/aromatic N) is 2. The summed E-state index contributed by atoms with van der Waals surface area (Å²) in [6.45, 7) is 0. The maximum Gasteiger partial charge on any atom is 0.123 e. The molecule has 0 aliphatic rings. The van der Waals surface area contributed by atoms with Crippen LogP contribution in [0.1, 0.15) is 0 Å². The van der Waals surface area contributed by atoms with Gasteiger partial charge in [0, 0.05) is 16.7 Å². The zero-order valence-corrected chi connectivity index (χ0v) is 13.4. The highest BCUT2D eigenvalue weighted by Gasteiger charge is 2.12. The molecule has 0 N–H and O–H groups in total. The van der Waals surface area contributed by atoms with Crippen molar-refractivity contribution in [2.75, 3.05) is 0 Å². The van der Waals surface area contributed by atoms with Crippen LogP contribution in [0.4, 0.5) is 4.39 Å². The van der Waals surface area contributed by atoms with Crippen LogP contribution in [0.3, 0.4) is 0 Å². The van der Waals surface area contributed by atoms with E-state index < -0.39 is 0 Å². The van der Waals surface area contributed by atoms with Gasteiger partial charge in [0.25, 0.3) is 0 Å². The van der Waals surface area contributed by atoms with Gasteiger partial charge in [-0.25, -0.2) is 9.37 Å². The third-order valence-electron chi connectivity index (χ3n) is 4.01. The molecule has 1 heterocycles. The number of hydrogen-bond acceptors (Lipinski definition) is 2. The van der Waals surface area contributed by atoms with E-state index in [4.69, 9.17) is 4.98 Å². The highest BCUT2D eigenvalue weighted by Crippen LogP contribution is 2.30. The largest absolute Gasteiger partial charge is 0.252 e. The van der Waals surface area contributed by atoms with Crippen molar-refractivity contribution < 1.29 is 4.39 Å². The predicted molar refractivity (Wildman–Crippen MR) is 98.3 cm³/mol. The number of benzene rings is 3. The maximum atomic E-state index is 13.2. The average Bonchev–Trinajstić information content (AvgIpc) is 2.69. The van der Waals surface area contributed by atoms with Gasteiger partial charge in [-0.3, -0.25) is 4.98 Å². The lowest BCUT2D eigenvalue weighted by Crippen LogP contribution is -1.96. The van der Waals surface area contributed by atoms with Gasteiger partial charge < -0.3 is 0 Å². The van der Waals surface area contributed by atoms with Crippen molar-refractivity contribution in [1.82, 2.24) is 9.97 Å². The van der Waals surface area contributed by atoms with Crippen LogP contribution >= 0.6 is 0 Å². The maximum absolute atomic E-state index is 13.2. The Bertz CT molecular complexity index is 981. The molecule has 0 aliphatic heterocycles. The van der Waals surface area contributed by atoms with E-state index in [0.717, 1.165) is 33.8 Å². The highest BCUT2D eigenvalue weighted by molar-refractivity contribution is 5.79. The van der Waals surface area contributed by atoms with Gasteiger partial charge >= 0.3 is 0 Å². The van der Waals surface area contributed by atoms with Crippen LogP contribution in [0, 0.1) is 5.82 Å². The van der Waals surface area contributed by atoms with E-state index in [9.17, 15) is 4.39 Å². The minimum atomic E-state index is -0.263. The minimum Gasteiger partial charge on any atom is -0.252 e. The summed E-state index contributed by atoms with van der Waals surface area (Å²) in [4.78, 5) is 9.50. The standard InChI is InChI=1S/C22H15FN2/c23-19-13-11-16(12-14-19)20-15-24-21(17-7-3-1-4-8-17)22(25-20)18-9-5-2-6-10-18/h1-15H. The number of hydrogen-bond donors (Lipinski definition) is 0. The fourth-order valence-corrected chi connectivity index (χ4v) is 2.75. The Morgan fingerprint density at radius 1 is 0.560 bits per heavy atom. The average molecular weight is 326 g/mol. The van der Waals surface area contributed by atoms with E-state index in [1.807, 2.05) is 60.7 Å². The summed E-state index contributed by atoms with van der Waals surface area (Å²) in [7, 11) is 0. The second-order valence-corrected chi connectivity index (χ2v) is 5.69. The molecular formula is C22H15FN2.